The number of carbonyl (C=O) groups is 2. The van der Waals surface area contributed by atoms with E-state index in [0.29, 0.717) is 6.54 Å². The van der Waals surface area contributed by atoms with Crippen LogP contribution in [0.3, 0.4) is 0 Å². The fraction of sp³-hybridized carbons (Fsp3) is 0.300. The van der Waals surface area contributed by atoms with Gasteiger partial charge in [0.05, 0.1) is 12.3 Å². The Kier molecular flexibility index (Phi) is 6.71. The first-order valence-electron chi connectivity index (χ1n) is 8.25. The normalized spacial score (nSPS) is 11.8. The van der Waals surface area contributed by atoms with Gasteiger partial charge < -0.3 is 14.4 Å². The molecule has 0 aliphatic rings. The van der Waals surface area contributed by atoms with Gasteiger partial charge in [0, 0.05) is 11.9 Å². The molecule has 1 unspecified atom stereocenters. The summed E-state index contributed by atoms with van der Waals surface area (Å²) in [4.78, 5) is 26.0. The number of rotatable bonds is 8. The molecule has 132 valence electrons. The number of benzene rings is 2. The Morgan fingerprint density at radius 3 is 2.64 bits per heavy atom. The third-order valence-corrected chi connectivity index (χ3v) is 3.81. The molecule has 0 spiro atoms. The molecule has 5 heteroatoms. The van der Waals surface area contributed by atoms with E-state index in [-0.39, 0.29) is 19.1 Å². The van der Waals surface area contributed by atoms with Crippen molar-refractivity contribution in [3.63, 3.8) is 0 Å². The number of ether oxygens (including phenoxy) is 2. The maximum atomic E-state index is 12.6. The molecular formula is C20H23NO4. The second-order valence-electron chi connectivity index (χ2n) is 5.51. The Morgan fingerprint density at radius 2 is 1.92 bits per heavy atom. The van der Waals surface area contributed by atoms with Gasteiger partial charge in [0.25, 0.3) is 5.91 Å². The van der Waals surface area contributed by atoms with Crippen molar-refractivity contribution in [2.24, 2.45) is 0 Å². The maximum Gasteiger partial charge on any atom is 0.335 e. The van der Waals surface area contributed by atoms with Crippen molar-refractivity contribution in [1.29, 1.82) is 0 Å². The summed E-state index contributed by atoms with van der Waals surface area (Å²) >= 11 is 0. The predicted molar refractivity (Wildman–Crippen MR) is 98.5 cm³/mol. The zero-order valence-corrected chi connectivity index (χ0v) is 14.6. The lowest BCUT2D eigenvalue weighted by Crippen LogP contribution is -2.36. The molecule has 0 bridgehead atoms. The van der Waals surface area contributed by atoms with Crippen LogP contribution in [0.2, 0.25) is 0 Å². The van der Waals surface area contributed by atoms with Crippen LogP contribution in [0.4, 0.5) is 5.69 Å². The third-order valence-electron chi connectivity index (χ3n) is 3.81. The van der Waals surface area contributed by atoms with E-state index >= 15 is 0 Å². The molecule has 0 radical (unpaired) electrons. The van der Waals surface area contributed by atoms with Crippen molar-refractivity contribution < 1.29 is 19.1 Å². The fourth-order valence-corrected chi connectivity index (χ4v) is 2.53. The molecule has 0 fully saturated rings. The number of anilines is 1. The highest BCUT2D eigenvalue weighted by molar-refractivity contribution is 6.04. The minimum atomic E-state index is -0.738. The first-order chi connectivity index (χ1) is 12.1. The number of fused-ring (bicyclic) bond motifs is 1. The number of nitrogens with zero attached hydrogens (tertiary/aromatic N) is 1. The molecule has 0 saturated heterocycles. The second-order valence-corrected chi connectivity index (χ2v) is 5.51. The molecule has 0 aliphatic heterocycles. The largest absolute Gasteiger partial charge is 0.454 e. The number of amides is 1. The van der Waals surface area contributed by atoms with Gasteiger partial charge in [-0.25, -0.2) is 4.79 Å². The predicted octanol–water partition coefficient (Wildman–Crippen LogP) is 3.33. The number of hydrogen-bond acceptors (Lipinski definition) is 4. The van der Waals surface area contributed by atoms with Crippen LogP contribution in [-0.2, 0) is 19.1 Å². The van der Waals surface area contributed by atoms with Gasteiger partial charge in [-0.1, -0.05) is 42.5 Å². The van der Waals surface area contributed by atoms with E-state index in [1.54, 1.807) is 17.9 Å². The van der Waals surface area contributed by atoms with Crippen LogP contribution < -0.4 is 4.90 Å². The van der Waals surface area contributed by atoms with E-state index in [1.165, 1.54) is 0 Å². The Labute approximate surface area is 147 Å². The summed E-state index contributed by atoms with van der Waals surface area (Å²) in [6.45, 7) is 7.40. The van der Waals surface area contributed by atoms with Gasteiger partial charge in [0.2, 0.25) is 0 Å². The van der Waals surface area contributed by atoms with E-state index in [1.807, 2.05) is 49.4 Å². The molecule has 2 aromatic rings. The monoisotopic (exact) mass is 341 g/mol. The zero-order chi connectivity index (χ0) is 18.2. The average Bonchev–Trinajstić information content (AvgIpc) is 2.64. The first-order valence-corrected chi connectivity index (χ1v) is 8.25. The van der Waals surface area contributed by atoms with Crippen LogP contribution >= 0.6 is 0 Å². The van der Waals surface area contributed by atoms with Gasteiger partial charge >= 0.3 is 5.97 Å². The van der Waals surface area contributed by atoms with Crippen LogP contribution in [0.15, 0.2) is 55.1 Å². The molecule has 1 atom stereocenters. The van der Waals surface area contributed by atoms with Crippen molar-refractivity contribution in [2.45, 2.75) is 20.0 Å². The molecule has 0 N–H and O–H groups in total. The topological polar surface area (TPSA) is 55.8 Å². The lowest BCUT2D eigenvalue weighted by Gasteiger charge is -2.23. The van der Waals surface area contributed by atoms with Crippen molar-refractivity contribution in [3.05, 3.63) is 55.1 Å². The Hall–Kier alpha value is -2.66. The molecule has 0 aliphatic carbocycles. The number of esters is 1. The molecule has 0 aromatic heterocycles. The van der Waals surface area contributed by atoms with Crippen LogP contribution in [0.25, 0.3) is 10.8 Å². The van der Waals surface area contributed by atoms with Crippen molar-refractivity contribution in [3.8, 4) is 0 Å². The minimum absolute atomic E-state index is 0.251. The van der Waals surface area contributed by atoms with Gasteiger partial charge in [0.1, 0.15) is 0 Å². The molecule has 1 amide bonds. The van der Waals surface area contributed by atoms with E-state index in [9.17, 15) is 9.59 Å². The highest BCUT2D eigenvalue weighted by Gasteiger charge is 2.20. The number of likely N-dealkylation sites (N-methyl/N-ethyl adjacent to an activating group) is 1. The van der Waals surface area contributed by atoms with E-state index < -0.39 is 12.1 Å². The van der Waals surface area contributed by atoms with Gasteiger partial charge in [-0.15, -0.1) is 6.58 Å². The molecule has 5 nitrogen and oxygen atoms in total. The van der Waals surface area contributed by atoms with Crippen LogP contribution in [-0.4, -0.2) is 37.7 Å². The second kappa shape index (κ2) is 8.99. The Bertz CT molecular complexity index is 751. The smallest absolute Gasteiger partial charge is 0.335 e. The summed E-state index contributed by atoms with van der Waals surface area (Å²) < 4.78 is 10.3. The lowest BCUT2D eigenvalue weighted by atomic mass is 10.1. The van der Waals surface area contributed by atoms with Crippen LogP contribution in [0.5, 0.6) is 0 Å². The first kappa shape index (κ1) is 18.7. The van der Waals surface area contributed by atoms with Gasteiger partial charge in [0.15, 0.2) is 12.7 Å². The quantitative estimate of drug-likeness (QED) is 0.546. The summed E-state index contributed by atoms with van der Waals surface area (Å²) in [7, 11) is 0. The standard InChI is InChI=1S/C20H23NO4/c1-4-13-24-15(3)20(23)25-14-19(22)21(5-2)18-12-8-10-16-9-6-7-11-17(16)18/h4,6-12,15H,1,5,13-14H2,2-3H3. The van der Waals surface area contributed by atoms with Gasteiger partial charge in [-0.05, 0) is 25.3 Å². The highest BCUT2D eigenvalue weighted by Crippen LogP contribution is 2.26. The minimum Gasteiger partial charge on any atom is -0.454 e. The van der Waals surface area contributed by atoms with Gasteiger partial charge in [-0.2, -0.15) is 0 Å². The average molecular weight is 341 g/mol. The Morgan fingerprint density at radius 1 is 1.20 bits per heavy atom. The Balaban J connectivity index is 2.08. The summed E-state index contributed by atoms with van der Waals surface area (Å²) in [5.74, 6) is -0.840. The summed E-state index contributed by atoms with van der Waals surface area (Å²) in [6.07, 6.45) is 0.812. The van der Waals surface area contributed by atoms with E-state index in [2.05, 4.69) is 6.58 Å². The molecule has 2 rings (SSSR count). The molecule has 0 heterocycles. The summed E-state index contributed by atoms with van der Waals surface area (Å²) in [6, 6.07) is 13.6. The van der Waals surface area contributed by atoms with Crippen molar-refractivity contribution in [2.75, 3.05) is 24.7 Å². The SMILES string of the molecule is C=CCOC(C)C(=O)OCC(=O)N(CC)c1cccc2ccccc12. The zero-order valence-electron chi connectivity index (χ0n) is 14.6. The van der Waals surface area contributed by atoms with E-state index in [4.69, 9.17) is 9.47 Å². The van der Waals surface area contributed by atoms with E-state index in [0.717, 1.165) is 16.5 Å². The maximum absolute atomic E-state index is 12.6. The van der Waals surface area contributed by atoms with Crippen LogP contribution in [0, 0.1) is 0 Å². The van der Waals surface area contributed by atoms with Crippen molar-refractivity contribution >= 4 is 28.3 Å². The van der Waals surface area contributed by atoms with Crippen molar-refractivity contribution in [1.82, 2.24) is 0 Å². The lowest BCUT2D eigenvalue weighted by molar-refractivity contribution is -0.157. The summed E-state index contributed by atoms with van der Waals surface area (Å²) in [5.41, 5.74) is 0.803. The summed E-state index contributed by atoms with van der Waals surface area (Å²) in [5, 5.41) is 2.03. The number of hydrogen-bond donors (Lipinski definition) is 0. The number of carbonyl (C=O) groups excluding carboxylic acids is 2. The molecule has 2 aromatic carbocycles. The molecule has 0 saturated carbocycles. The fourth-order valence-electron chi connectivity index (χ4n) is 2.53. The molecule has 25 heavy (non-hydrogen) atoms. The highest BCUT2D eigenvalue weighted by atomic mass is 16.6. The van der Waals surface area contributed by atoms with Gasteiger partial charge in [-0.3, -0.25) is 4.79 Å². The third kappa shape index (κ3) is 4.67. The molecular weight excluding hydrogens is 318 g/mol. The van der Waals surface area contributed by atoms with Crippen LogP contribution in [0.1, 0.15) is 13.8 Å².